The molecule has 26 heavy (non-hydrogen) atoms. The summed E-state index contributed by atoms with van der Waals surface area (Å²) in [6.07, 6.45) is -3.55. The fourth-order valence-corrected chi connectivity index (χ4v) is 2.35. The third-order valence-corrected chi connectivity index (χ3v) is 3.61. The lowest BCUT2D eigenvalue weighted by Crippen LogP contribution is -2.29. The largest absolute Gasteiger partial charge is 0.416 e. The molecule has 138 valence electrons. The number of alkyl halides is 3. The van der Waals surface area contributed by atoms with E-state index in [1.165, 1.54) is 12.1 Å². The normalized spacial score (nSPS) is 10.9. The number of carbonyl (C=O) groups excluding carboxylic acids is 1. The lowest BCUT2D eigenvalue weighted by atomic mass is 10.1. The van der Waals surface area contributed by atoms with Crippen LogP contribution in [0.25, 0.3) is 0 Å². The van der Waals surface area contributed by atoms with E-state index in [0.717, 1.165) is 25.1 Å². The minimum absolute atomic E-state index is 0.0725. The van der Waals surface area contributed by atoms with Gasteiger partial charge in [-0.2, -0.15) is 13.2 Å². The summed E-state index contributed by atoms with van der Waals surface area (Å²) in [7, 11) is 0. The van der Waals surface area contributed by atoms with Crippen LogP contribution in [-0.2, 0) is 6.18 Å². The standard InChI is InChI=1S/C18H18F3N3OS/c1-2-9-22-17(26)24-14-7-3-5-12(10-14)16(25)23-15-8-4-6-13(11-15)18(19,20)21/h3-8,10-11H,2,9H2,1H3,(H,23,25)(H2,22,24,26). The number of carbonyl (C=O) groups is 1. The lowest BCUT2D eigenvalue weighted by Gasteiger charge is -2.12. The van der Waals surface area contributed by atoms with Crippen molar-refractivity contribution in [2.24, 2.45) is 0 Å². The Bertz CT molecular complexity index is 793. The van der Waals surface area contributed by atoms with E-state index in [2.05, 4.69) is 16.0 Å². The summed E-state index contributed by atoms with van der Waals surface area (Å²) in [5, 5.41) is 8.86. The number of amides is 1. The number of benzene rings is 2. The van der Waals surface area contributed by atoms with E-state index in [9.17, 15) is 18.0 Å². The zero-order valence-corrected chi connectivity index (χ0v) is 14.8. The van der Waals surface area contributed by atoms with Crippen molar-refractivity contribution in [1.82, 2.24) is 5.32 Å². The highest BCUT2D eigenvalue weighted by atomic mass is 32.1. The molecule has 4 nitrogen and oxygen atoms in total. The highest BCUT2D eigenvalue weighted by molar-refractivity contribution is 7.80. The molecule has 2 rings (SSSR count). The van der Waals surface area contributed by atoms with Crippen molar-refractivity contribution >= 4 is 34.6 Å². The molecule has 0 heterocycles. The van der Waals surface area contributed by atoms with Gasteiger partial charge in [-0.25, -0.2) is 0 Å². The maximum Gasteiger partial charge on any atom is 0.416 e. The summed E-state index contributed by atoms with van der Waals surface area (Å²) < 4.78 is 38.3. The van der Waals surface area contributed by atoms with Gasteiger partial charge < -0.3 is 16.0 Å². The number of hydrogen-bond donors (Lipinski definition) is 3. The maximum atomic E-state index is 12.8. The fourth-order valence-electron chi connectivity index (χ4n) is 2.13. The van der Waals surface area contributed by atoms with E-state index in [4.69, 9.17) is 12.2 Å². The van der Waals surface area contributed by atoms with Gasteiger partial charge in [-0.3, -0.25) is 4.79 Å². The number of thiocarbonyl (C=S) groups is 1. The number of halogens is 3. The summed E-state index contributed by atoms with van der Waals surface area (Å²) in [6.45, 7) is 2.73. The second kappa shape index (κ2) is 8.66. The first kappa shape index (κ1) is 19.7. The number of hydrogen-bond acceptors (Lipinski definition) is 2. The first-order chi connectivity index (χ1) is 12.3. The lowest BCUT2D eigenvalue weighted by molar-refractivity contribution is -0.137. The molecular formula is C18H18F3N3OS. The van der Waals surface area contributed by atoms with Gasteiger partial charge in [0.1, 0.15) is 0 Å². The Kier molecular flexibility index (Phi) is 6.57. The first-order valence-electron chi connectivity index (χ1n) is 7.93. The van der Waals surface area contributed by atoms with Crippen LogP contribution >= 0.6 is 12.2 Å². The van der Waals surface area contributed by atoms with E-state index in [-0.39, 0.29) is 5.69 Å². The van der Waals surface area contributed by atoms with Crippen LogP contribution in [-0.4, -0.2) is 17.6 Å². The maximum absolute atomic E-state index is 12.8. The molecule has 2 aromatic rings. The second-order valence-corrected chi connectivity index (χ2v) is 5.90. The van der Waals surface area contributed by atoms with Crippen molar-refractivity contribution in [3.05, 3.63) is 59.7 Å². The Labute approximate surface area is 154 Å². The van der Waals surface area contributed by atoms with Gasteiger partial charge >= 0.3 is 6.18 Å². The molecule has 8 heteroatoms. The monoisotopic (exact) mass is 381 g/mol. The first-order valence-corrected chi connectivity index (χ1v) is 8.34. The Morgan fingerprint density at radius 1 is 1.04 bits per heavy atom. The summed E-state index contributed by atoms with van der Waals surface area (Å²) in [5.41, 5.74) is 0.155. The van der Waals surface area contributed by atoms with Gasteiger partial charge in [0, 0.05) is 23.5 Å². The van der Waals surface area contributed by atoms with Crippen molar-refractivity contribution in [3.63, 3.8) is 0 Å². The molecule has 0 bridgehead atoms. The summed E-state index contributed by atoms with van der Waals surface area (Å²) in [6, 6.07) is 11.0. The van der Waals surface area contributed by atoms with Crippen LogP contribution in [0.2, 0.25) is 0 Å². The third kappa shape index (κ3) is 5.73. The molecule has 0 saturated carbocycles. The van der Waals surface area contributed by atoms with Gasteiger partial charge in [0.05, 0.1) is 5.56 Å². The van der Waals surface area contributed by atoms with Crippen molar-refractivity contribution in [2.45, 2.75) is 19.5 Å². The average molecular weight is 381 g/mol. The molecule has 3 N–H and O–H groups in total. The molecule has 0 saturated heterocycles. The molecule has 1 amide bonds. The molecule has 0 fully saturated rings. The van der Waals surface area contributed by atoms with Crippen LogP contribution in [0.1, 0.15) is 29.3 Å². The van der Waals surface area contributed by atoms with Crippen LogP contribution in [0.15, 0.2) is 48.5 Å². The molecule has 0 aliphatic carbocycles. The topological polar surface area (TPSA) is 53.2 Å². The molecule has 0 radical (unpaired) electrons. The van der Waals surface area contributed by atoms with Crippen molar-refractivity contribution in [3.8, 4) is 0 Å². The molecule has 0 aromatic heterocycles. The minimum Gasteiger partial charge on any atom is -0.362 e. The van der Waals surface area contributed by atoms with Crippen molar-refractivity contribution in [1.29, 1.82) is 0 Å². The second-order valence-electron chi connectivity index (χ2n) is 5.49. The molecule has 0 atom stereocenters. The Balaban J connectivity index is 2.08. The molecule has 0 aliphatic heterocycles. The van der Waals surface area contributed by atoms with Gasteiger partial charge in [-0.15, -0.1) is 0 Å². The predicted molar refractivity (Wildman–Crippen MR) is 100 cm³/mol. The van der Waals surface area contributed by atoms with Gasteiger partial charge in [0.25, 0.3) is 5.91 Å². The zero-order chi connectivity index (χ0) is 19.2. The van der Waals surface area contributed by atoms with Crippen LogP contribution in [0.5, 0.6) is 0 Å². The van der Waals surface area contributed by atoms with E-state index in [1.807, 2.05) is 6.92 Å². The summed E-state index contributed by atoms with van der Waals surface area (Å²) in [4.78, 5) is 12.3. The molecule has 0 aliphatic rings. The SMILES string of the molecule is CCCNC(=S)Nc1cccc(C(=O)Nc2cccc(C(F)(F)F)c2)c1. The highest BCUT2D eigenvalue weighted by Crippen LogP contribution is 2.30. The number of rotatable bonds is 5. The fraction of sp³-hybridized carbons (Fsp3) is 0.222. The van der Waals surface area contributed by atoms with E-state index in [0.29, 0.717) is 16.4 Å². The Hall–Kier alpha value is -2.61. The van der Waals surface area contributed by atoms with Crippen molar-refractivity contribution < 1.29 is 18.0 Å². The molecule has 2 aromatic carbocycles. The van der Waals surface area contributed by atoms with Gasteiger partial charge in [0.2, 0.25) is 0 Å². The van der Waals surface area contributed by atoms with E-state index < -0.39 is 17.6 Å². The van der Waals surface area contributed by atoms with E-state index >= 15 is 0 Å². The highest BCUT2D eigenvalue weighted by Gasteiger charge is 2.30. The van der Waals surface area contributed by atoms with Crippen LogP contribution < -0.4 is 16.0 Å². The summed E-state index contributed by atoms with van der Waals surface area (Å²) >= 11 is 5.14. The molecule has 0 spiro atoms. The number of nitrogens with one attached hydrogen (secondary N) is 3. The zero-order valence-electron chi connectivity index (χ0n) is 14.0. The predicted octanol–water partition coefficient (Wildman–Crippen LogP) is 4.65. The van der Waals surface area contributed by atoms with Gasteiger partial charge in [0.15, 0.2) is 5.11 Å². The summed E-state index contributed by atoms with van der Waals surface area (Å²) in [5.74, 6) is -0.514. The van der Waals surface area contributed by atoms with Crippen molar-refractivity contribution in [2.75, 3.05) is 17.2 Å². The van der Waals surface area contributed by atoms with Crippen LogP contribution in [0.3, 0.4) is 0 Å². The van der Waals surface area contributed by atoms with E-state index in [1.54, 1.807) is 24.3 Å². The molecule has 0 unspecified atom stereocenters. The quantitative estimate of drug-likeness (QED) is 0.660. The van der Waals surface area contributed by atoms with Gasteiger partial charge in [-0.1, -0.05) is 19.1 Å². The minimum atomic E-state index is -4.47. The Morgan fingerprint density at radius 2 is 1.69 bits per heavy atom. The van der Waals surface area contributed by atoms with Gasteiger partial charge in [-0.05, 0) is 55.0 Å². The third-order valence-electron chi connectivity index (χ3n) is 3.37. The van der Waals surface area contributed by atoms with Crippen LogP contribution in [0, 0.1) is 0 Å². The number of anilines is 2. The Morgan fingerprint density at radius 3 is 2.35 bits per heavy atom. The average Bonchev–Trinajstić information content (AvgIpc) is 2.59. The molecular weight excluding hydrogens is 363 g/mol. The smallest absolute Gasteiger partial charge is 0.362 e. The van der Waals surface area contributed by atoms with Crippen LogP contribution in [0.4, 0.5) is 24.5 Å².